The van der Waals surface area contributed by atoms with E-state index in [4.69, 9.17) is 15.5 Å². The van der Waals surface area contributed by atoms with E-state index in [0.717, 1.165) is 35.1 Å². The van der Waals surface area contributed by atoms with Crippen LogP contribution in [-0.4, -0.2) is 54.8 Å². The summed E-state index contributed by atoms with van der Waals surface area (Å²) in [6.45, 7) is 5.66. The van der Waals surface area contributed by atoms with Crippen molar-refractivity contribution in [2.24, 2.45) is 16.7 Å². The summed E-state index contributed by atoms with van der Waals surface area (Å²) in [6.07, 6.45) is 4.18. The third-order valence-corrected chi connectivity index (χ3v) is 10.4. The first-order valence-electron chi connectivity index (χ1n) is 13.1. The third kappa shape index (κ3) is 4.42. The van der Waals surface area contributed by atoms with E-state index in [1.165, 1.54) is 0 Å². The molecule has 5 rings (SSSR count). The van der Waals surface area contributed by atoms with Crippen molar-refractivity contribution in [1.82, 2.24) is 19.3 Å². The van der Waals surface area contributed by atoms with Gasteiger partial charge in [0.15, 0.2) is 5.82 Å². The van der Waals surface area contributed by atoms with Crippen LogP contribution >= 0.6 is 0 Å². The second-order valence-corrected chi connectivity index (χ2v) is 13.0. The van der Waals surface area contributed by atoms with Crippen LogP contribution in [-0.2, 0) is 32.5 Å². The van der Waals surface area contributed by atoms with Crippen LogP contribution in [0.5, 0.6) is 0 Å². The standard InChI is InChI=1S/C27H37N5O4S/c1-26(2)18-10-12-27(26,21(33)16-18)17-37(34,35)29-13-6-7-14-32-22(11-15-36-3)31-23-24(32)19-8-4-5-9-20(19)30-25(23)28/h4-5,8-9,18,29H,6-7,10-17H2,1-3H3,(H2,28,30)/t18?,27-/m1/s1. The number of sulfonamides is 1. The van der Waals surface area contributed by atoms with Gasteiger partial charge in [-0.25, -0.2) is 23.1 Å². The Morgan fingerprint density at radius 1 is 1.22 bits per heavy atom. The highest BCUT2D eigenvalue weighted by atomic mass is 32.2. The molecule has 3 aromatic rings. The molecule has 0 aliphatic heterocycles. The molecule has 9 nitrogen and oxygen atoms in total. The van der Waals surface area contributed by atoms with E-state index in [9.17, 15) is 13.2 Å². The lowest BCUT2D eigenvalue weighted by Gasteiger charge is -2.36. The fraction of sp³-hybridized carbons (Fsp3) is 0.593. The summed E-state index contributed by atoms with van der Waals surface area (Å²) in [7, 11) is -1.90. The quantitative estimate of drug-likeness (QED) is 0.365. The van der Waals surface area contributed by atoms with Crippen molar-refractivity contribution in [3.8, 4) is 0 Å². The third-order valence-electron chi connectivity index (χ3n) is 8.93. The van der Waals surface area contributed by atoms with Crippen LogP contribution in [0.4, 0.5) is 5.82 Å². The van der Waals surface area contributed by atoms with Crippen molar-refractivity contribution in [3.63, 3.8) is 0 Å². The van der Waals surface area contributed by atoms with Gasteiger partial charge in [-0.05, 0) is 43.1 Å². The molecule has 37 heavy (non-hydrogen) atoms. The highest BCUT2D eigenvalue weighted by Gasteiger charge is 2.65. The molecular weight excluding hydrogens is 490 g/mol. The lowest BCUT2D eigenvalue weighted by molar-refractivity contribution is -0.128. The number of nitrogens with one attached hydrogen (secondary N) is 1. The largest absolute Gasteiger partial charge is 0.384 e. The van der Waals surface area contributed by atoms with Gasteiger partial charge in [-0.1, -0.05) is 32.0 Å². The summed E-state index contributed by atoms with van der Waals surface area (Å²) in [5.74, 6) is 1.59. The lowest BCUT2D eigenvalue weighted by Crippen LogP contribution is -2.45. The number of fused-ring (bicyclic) bond motifs is 5. The van der Waals surface area contributed by atoms with Crippen LogP contribution < -0.4 is 10.5 Å². The normalized spacial score (nSPS) is 23.0. The van der Waals surface area contributed by atoms with Gasteiger partial charge in [-0.3, -0.25) is 4.79 Å². The van der Waals surface area contributed by atoms with Gasteiger partial charge in [-0.2, -0.15) is 0 Å². The van der Waals surface area contributed by atoms with Gasteiger partial charge in [0, 0.05) is 43.8 Å². The van der Waals surface area contributed by atoms with Crippen molar-refractivity contribution >= 4 is 43.6 Å². The minimum absolute atomic E-state index is 0.103. The second kappa shape index (κ2) is 9.63. The SMILES string of the molecule is COCCc1nc2c(N)nc3ccccc3c2n1CCCCNS(=O)(=O)C[C@]12CCC(CC1=O)C2(C)C. The number of Topliss-reactive ketones (excluding diaryl/α,β-unsaturated/α-hetero) is 1. The molecule has 0 spiro atoms. The minimum atomic E-state index is -3.57. The summed E-state index contributed by atoms with van der Waals surface area (Å²) in [4.78, 5) is 22.1. The number of carbonyl (C=O) groups is 1. The van der Waals surface area contributed by atoms with Gasteiger partial charge in [-0.15, -0.1) is 0 Å². The molecule has 2 heterocycles. The molecule has 1 unspecified atom stereocenters. The van der Waals surface area contributed by atoms with Crippen molar-refractivity contribution in [2.45, 2.75) is 58.9 Å². The monoisotopic (exact) mass is 527 g/mol. The van der Waals surface area contributed by atoms with Crippen LogP contribution in [0.15, 0.2) is 24.3 Å². The number of benzene rings is 1. The van der Waals surface area contributed by atoms with Crippen molar-refractivity contribution in [3.05, 3.63) is 30.1 Å². The zero-order valence-electron chi connectivity index (χ0n) is 21.9. The summed E-state index contributed by atoms with van der Waals surface area (Å²) in [6, 6.07) is 7.87. The number of hydrogen-bond donors (Lipinski definition) is 2. The minimum Gasteiger partial charge on any atom is -0.384 e. The van der Waals surface area contributed by atoms with E-state index in [2.05, 4.69) is 28.1 Å². The number of rotatable bonds is 11. The Morgan fingerprint density at radius 3 is 2.70 bits per heavy atom. The molecule has 10 heteroatoms. The number of carbonyl (C=O) groups excluding carboxylic acids is 1. The average Bonchev–Trinajstić information content (AvgIpc) is 3.39. The molecule has 3 N–H and O–H groups in total. The molecule has 0 amide bonds. The van der Waals surface area contributed by atoms with E-state index in [1.807, 2.05) is 24.3 Å². The Hall–Kier alpha value is -2.56. The number of ether oxygens (including phenoxy) is 1. The van der Waals surface area contributed by atoms with Crippen LogP contribution in [0.25, 0.3) is 21.9 Å². The van der Waals surface area contributed by atoms with Crippen LogP contribution in [0, 0.1) is 16.7 Å². The molecule has 2 atom stereocenters. The predicted octanol–water partition coefficient (Wildman–Crippen LogP) is 3.45. The summed E-state index contributed by atoms with van der Waals surface area (Å²) < 4.78 is 36.3. The van der Waals surface area contributed by atoms with E-state index in [0.29, 0.717) is 62.6 Å². The van der Waals surface area contributed by atoms with Gasteiger partial charge in [0.05, 0.1) is 23.4 Å². The highest BCUT2D eigenvalue weighted by Crippen LogP contribution is 2.64. The maximum absolute atomic E-state index is 13.0. The number of methoxy groups -OCH3 is 1. The average molecular weight is 528 g/mol. The summed E-state index contributed by atoms with van der Waals surface area (Å²) in [5, 5.41) is 0.988. The molecule has 2 bridgehead atoms. The van der Waals surface area contributed by atoms with Gasteiger partial charge in [0.2, 0.25) is 10.0 Å². The first-order valence-corrected chi connectivity index (χ1v) is 14.8. The molecule has 2 aliphatic rings. The highest BCUT2D eigenvalue weighted by molar-refractivity contribution is 7.89. The topological polar surface area (TPSA) is 129 Å². The molecule has 2 saturated carbocycles. The molecule has 2 aromatic heterocycles. The molecule has 200 valence electrons. The molecule has 1 aromatic carbocycles. The Bertz CT molecular complexity index is 1450. The van der Waals surface area contributed by atoms with Crippen LogP contribution in [0.2, 0.25) is 0 Å². The van der Waals surface area contributed by atoms with Crippen molar-refractivity contribution < 1.29 is 17.9 Å². The number of aromatic nitrogens is 3. The number of nitrogen functional groups attached to an aromatic ring is 1. The first-order chi connectivity index (χ1) is 17.6. The van der Waals surface area contributed by atoms with E-state index < -0.39 is 15.4 Å². The Kier molecular flexibility index (Phi) is 6.79. The number of imidazole rings is 1. The van der Waals surface area contributed by atoms with Gasteiger partial charge in [0.1, 0.15) is 17.1 Å². The molecule has 0 radical (unpaired) electrons. The summed E-state index contributed by atoms with van der Waals surface area (Å²) in [5.41, 5.74) is 7.70. The fourth-order valence-corrected chi connectivity index (χ4v) is 8.52. The van der Waals surface area contributed by atoms with E-state index >= 15 is 0 Å². The number of unbranched alkanes of at least 4 members (excludes halogenated alkanes) is 1. The zero-order valence-corrected chi connectivity index (χ0v) is 22.7. The fourth-order valence-electron chi connectivity index (χ4n) is 6.64. The first kappa shape index (κ1) is 26.1. The predicted molar refractivity (Wildman–Crippen MR) is 145 cm³/mol. The lowest BCUT2D eigenvalue weighted by atomic mass is 9.70. The number of anilines is 1. The Morgan fingerprint density at radius 2 is 2.00 bits per heavy atom. The second-order valence-electron chi connectivity index (χ2n) is 11.2. The number of ketones is 1. The number of nitrogens with zero attached hydrogens (tertiary/aromatic N) is 3. The van der Waals surface area contributed by atoms with Gasteiger partial charge >= 0.3 is 0 Å². The van der Waals surface area contributed by atoms with E-state index in [-0.39, 0.29) is 17.0 Å². The molecule has 0 saturated heterocycles. The Balaban J connectivity index is 1.28. The number of hydrogen-bond acceptors (Lipinski definition) is 7. The summed E-state index contributed by atoms with van der Waals surface area (Å²) >= 11 is 0. The zero-order chi connectivity index (χ0) is 26.4. The molecule has 2 aliphatic carbocycles. The van der Waals surface area contributed by atoms with Gasteiger partial charge in [0.25, 0.3) is 0 Å². The maximum Gasteiger partial charge on any atom is 0.212 e. The molecular formula is C27H37N5O4S. The number of para-hydroxylation sites is 1. The number of aryl methyl sites for hydroxylation is 1. The smallest absolute Gasteiger partial charge is 0.212 e. The van der Waals surface area contributed by atoms with E-state index in [1.54, 1.807) is 7.11 Å². The number of nitrogens with two attached hydrogens (primary N) is 1. The Labute approximate surface area is 218 Å². The maximum atomic E-state index is 13.0. The van der Waals surface area contributed by atoms with Crippen molar-refractivity contribution in [1.29, 1.82) is 0 Å². The van der Waals surface area contributed by atoms with Gasteiger partial charge < -0.3 is 15.0 Å². The van der Waals surface area contributed by atoms with Crippen LogP contribution in [0.1, 0.15) is 51.8 Å². The number of pyridine rings is 1. The van der Waals surface area contributed by atoms with Crippen molar-refractivity contribution in [2.75, 3.05) is 31.7 Å². The molecule has 2 fully saturated rings. The van der Waals surface area contributed by atoms with Crippen LogP contribution in [0.3, 0.4) is 0 Å².